The van der Waals surface area contributed by atoms with Crippen LogP contribution in [0, 0.1) is 28.9 Å². The van der Waals surface area contributed by atoms with Crippen LogP contribution in [0.2, 0.25) is 0 Å². The standard InChI is InChI=1S/C31H29F3N2O8/c1-30(2)41-23-20(40-29-26(25(23)42-30)43-31(3,4)44-29)15-38-24-21(32)27(34)36-28(22(24)33)39-19-12-17(13-35)10-11-18(19)37-14-16-8-6-5-7-9-16/h5-12,20,23,25-26,29H,14-15H2,1-4H3. The van der Waals surface area contributed by atoms with E-state index >= 15 is 4.39 Å². The Kier molecular flexibility index (Phi) is 7.89. The Morgan fingerprint density at radius 1 is 0.841 bits per heavy atom. The van der Waals surface area contributed by atoms with Crippen molar-refractivity contribution in [2.24, 2.45) is 0 Å². The fourth-order valence-electron chi connectivity index (χ4n) is 5.28. The van der Waals surface area contributed by atoms with Crippen molar-refractivity contribution < 1.29 is 51.1 Å². The van der Waals surface area contributed by atoms with Gasteiger partial charge in [0.1, 0.15) is 37.6 Å². The Balaban J connectivity index is 1.24. The van der Waals surface area contributed by atoms with Gasteiger partial charge in [-0.2, -0.15) is 23.4 Å². The van der Waals surface area contributed by atoms with Crippen LogP contribution in [0.1, 0.15) is 38.8 Å². The largest absolute Gasteiger partial charge is 0.485 e. The van der Waals surface area contributed by atoms with E-state index in [4.69, 9.17) is 37.9 Å². The van der Waals surface area contributed by atoms with E-state index in [1.165, 1.54) is 18.2 Å². The number of benzene rings is 2. The fraction of sp³-hybridized carbons (Fsp3) is 0.419. The molecule has 3 saturated heterocycles. The maximum Gasteiger partial charge on any atom is 0.262 e. The summed E-state index contributed by atoms with van der Waals surface area (Å²) in [4.78, 5) is 3.30. The molecule has 0 N–H and O–H groups in total. The predicted molar refractivity (Wildman–Crippen MR) is 144 cm³/mol. The summed E-state index contributed by atoms with van der Waals surface area (Å²) in [7, 11) is 0. The molecule has 5 unspecified atom stereocenters. The van der Waals surface area contributed by atoms with Crippen LogP contribution < -0.4 is 14.2 Å². The van der Waals surface area contributed by atoms with Gasteiger partial charge in [0.15, 0.2) is 29.4 Å². The monoisotopic (exact) mass is 614 g/mol. The molecule has 13 heteroatoms. The van der Waals surface area contributed by atoms with Crippen LogP contribution in [-0.4, -0.2) is 53.9 Å². The van der Waals surface area contributed by atoms with E-state index in [2.05, 4.69) is 4.98 Å². The number of nitrogens with zero attached hydrogens (tertiary/aromatic N) is 2. The molecule has 3 aliphatic heterocycles. The smallest absolute Gasteiger partial charge is 0.262 e. The van der Waals surface area contributed by atoms with E-state index in [9.17, 15) is 14.0 Å². The minimum atomic E-state index is -1.67. The quantitative estimate of drug-likeness (QED) is 0.301. The van der Waals surface area contributed by atoms with Crippen LogP contribution in [-0.2, 0) is 30.3 Å². The molecule has 3 fully saturated rings. The molecule has 0 aliphatic carbocycles. The van der Waals surface area contributed by atoms with Gasteiger partial charge in [-0.25, -0.2) is 0 Å². The zero-order valence-electron chi connectivity index (χ0n) is 24.2. The summed E-state index contributed by atoms with van der Waals surface area (Å²) >= 11 is 0. The Morgan fingerprint density at radius 3 is 2.30 bits per heavy atom. The first-order chi connectivity index (χ1) is 20.9. The predicted octanol–water partition coefficient (Wildman–Crippen LogP) is 5.52. The summed E-state index contributed by atoms with van der Waals surface area (Å²) in [6.45, 7) is 6.49. The first-order valence-electron chi connectivity index (χ1n) is 13.9. The van der Waals surface area contributed by atoms with E-state index in [-0.39, 0.29) is 23.7 Å². The summed E-state index contributed by atoms with van der Waals surface area (Å²) in [6, 6.07) is 15.3. The number of halogens is 3. The van der Waals surface area contributed by atoms with Gasteiger partial charge in [-0.05, 0) is 45.4 Å². The molecule has 6 rings (SSSR count). The summed E-state index contributed by atoms with van der Waals surface area (Å²) < 4.78 is 91.9. The Bertz CT molecular complexity index is 1580. The van der Waals surface area contributed by atoms with Gasteiger partial charge in [-0.3, -0.25) is 0 Å². The number of hydrogen-bond donors (Lipinski definition) is 0. The van der Waals surface area contributed by atoms with Gasteiger partial charge in [0, 0.05) is 6.07 Å². The molecule has 44 heavy (non-hydrogen) atoms. The highest BCUT2D eigenvalue weighted by molar-refractivity contribution is 5.49. The van der Waals surface area contributed by atoms with Crippen molar-refractivity contribution in [2.75, 3.05) is 6.61 Å². The van der Waals surface area contributed by atoms with Crippen molar-refractivity contribution in [3.8, 4) is 29.2 Å². The van der Waals surface area contributed by atoms with Gasteiger partial charge in [0.2, 0.25) is 17.4 Å². The van der Waals surface area contributed by atoms with Crippen molar-refractivity contribution >= 4 is 0 Å². The number of rotatable bonds is 8. The van der Waals surface area contributed by atoms with Gasteiger partial charge in [0.25, 0.3) is 11.8 Å². The van der Waals surface area contributed by atoms with Gasteiger partial charge >= 0.3 is 0 Å². The van der Waals surface area contributed by atoms with Crippen LogP contribution in [0.15, 0.2) is 48.5 Å². The van der Waals surface area contributed by atoms with Gasteiger partial charge in [-0.15, -0.1) is 0 Å². The first-order valence-corrected chi connectivity index (χ1v) is 13.9. The molecule has 3 aromatic rings. The first kappa shape index (κ1) is 30.1. The Labute approximate surface area is 251 Å². The van der Waals surface area contributed by atoms with Crippen LogP contribution in [0.25, 0.3) is 0 Å². The SMILES string of the molecule is CC1(C)OC2OC(COc3c(F)c(F)nc(Oc4cc(C#N)ccc4OCc4ccccc4)c3F)C3OC(C)(C)OC3C2O1. The minimum absolute atomic E-state index is 0.111. The number of aromatic nitrogens is 1. The molecular weight excluding hydrogens is 585 g/mol. The van der Waals surface area contributed by atoms with Crippen LogP contribution in [0.4, 0.5) is 13.2 Å². The van der Waals surface area contributed by atoms with Crippen molar-refractivity contribution in [2.45, 2.75) is 76.6 Å². The zero-order chi connectivity index (χ0) is 31.2. The Morgan fingerprint density at radius 2 is 1.55 bits per heavy atom. The minimum Gasteiger partial charge on any atom is -0.485 e. The number of fused-ring (bicyclic) bond motifs is 3. The van der Waals surface area contributed by atoms with Gasteiger partial charge in [0.05, 0.1) is 11.6 Å². The van der Waals surface area contributed by atoms with Gasteiger partial charge < -0.3 is 37.9 Å². The van der Waals surface area contributed by atoms with E-state index in [1.807, 2.05) is 36.4 Å². The maximum atomic E-state index is 15.7. The molecule has 1 aromatic heterocycles. The molecule has 0 bridgehead atoms. The van der Waals surface area contributed by atoms with E-state index in [0.717, 1.165) is 5.56 Å². The number of hydrogen-bond acceptors (Lipinski definition) is 10. The van der Waals surface area contributed by atoms with Crippen molar-refractivity contribution in [1.82, 2.24) is 4.98 Å². The van der Waals surface area contributed by atoms with E-state index in [1.54, 1.807) is 27.7 Å². The normalized spacial score (nSPS) is 26.4. The van der Waals surface area contributed by atoms with Crippen LogP contribution in [0.3, 0.4) is 0 Å². The van der Waals surface area contributed by atoms with Crippen molar-refractivity contribution in [3.63, 3.8) is 0 Å². The molecule has 2 aromatic carbocycles. The second-order valence-electron chi connectivity index (χ2n) is 11.3. The Hall–Kier alpha value is -3.93. The van der Waals surface area contributed by atoms with E-state index in [0.29, 0.717) is 0 Å². The number of pyridine rings is 1. The second-order valence-corrected chi connectivity index (χ2v) is 11.3. The van der Waals surface area contributed by atoms with E-state index < -0.39 is 78.1 Å². The molecule has 0 spiro atoms. The average molecular weight is 615 g/mol. The lowest BCUT2D eigenvalue weighted by atomic mass is 9.99. The summed E-state index contributed by atoms with van der Waals surface area (Å²) in [5.74, 6) is -8.80. The molecule has 0 saturated carbocycles. The zero-order valence-corrected chi connectivity index (χ0v) is 24.2. The topological polar surface area (TPSA) is 111 Å². The molecule has 0 radical (unpaired) electrons. The molecular formula is C31H29F3N2O8. The molecule has 10 nitrogen and oxygen atoms in total. The van der Waals surface area contributed by atoms with Crippen molar-refractivity contribution in [1.29, 1.82) is 5.26 Å². The molecule has 232 valence electrons. The lowest BCUT2D eigenvalue weighted by Crippen LogP contribution is -2.56. The summed E-state index contributed by atoms with van der Waals surface area (Å²) in [5, 5.41) is 9.37. The highest BCUT2D eigenvalue weighted by atomic mass is 19.2. The van der Waals surface area contributed by atoms with Crippen LogP contribution in [0.5, 0.6) is 23.1 Å². The summed E-state index contributed by atoms with van der Waals surface area (Å²) in [5.41, 5.74) is 0.976. The molecule has 3 aliphatic rings. The third kappa shape index (κ3) is 6.04. The molecule has 0 amide bonds. The van der Waals surface area contributed by atoms with Gasteiger partial charge in [-0.1, -0.05) is 30.3 Å². The molecule has 5 atom stereocenters. The number of ether oxygens (including phenoxy) is 8. The average Bonchev–Trinajstić information content (AvgIpc) is 3.49. The lowest BCUT2D eigenvalue weighted by Gasteiger charge is -2.37. The highest BCUT2D eigenvalue weighted by Gasteiger charge is 2.60. The van der Waals surface area contributed by atoms with Crippen LogP contribution >= 0.6 is 0 Å². The number of nitriles is 1. The third-order valence-corrected chi connectivity index (χ3v) is 7.13. The third-order valence-electron chi connectivity index (χ3n) is 7.13. The maximum absolute atomic E-state index is 15.7. The molecule has 4 heterocycles. The lowest BCUT2D eigenvalue weighted by molar-refractivity contribution is -0.238. The second kappa shape index (κ2) is 11.5. The fourth-order valence-corrected chi connectivity index (χ4v) is 5.28. The summed E-state index contributed by atoms with van der Waals surface area (Å²) in [6.07, 6.45) is -3.83. The van der Waals surface area contributed by atoms with Crippen molar-refractivity contribution in [3.05, 3.63) is 77.2 Å². The highest BCUT2D eigenvalue weighted by Crippen LogP contribution is 2.44.